The second-order valence-corrected chi connectivity index (χ2v) is 3.09. The Balaban J connectivity index is 3.15. The summed E-state index contributed by atoms with van der Waals surface area (Å²) >= 11 is 0. The summed E-state index contributed by atoms with van der Waals surface area (Å²) in [6.45, 7) is 0. The lowest BCUT2D eigenvalue weighted by Gasteiger charge is -2.15. The lowest BCUT2D eigenvalue weighted by molar-refractivity contribution is -0.104. The molecule has 0 aliphatic carbocycles. The van der Waals surface area contributed by atoms with Gasteiger partial charge in [-0.05, 0) is 30.4 Å². The maximum Gasteiger partial charge on any atom is 0.142 e. The van der Waals surface area contributed by atoms with E-state index in [-0.39, 0.29) is 5.82 Å². The lowest BCUT2D eigenvalue weighted by atomic mass is 10.1. The highest BCUT2D eigenvalue weighted by Gasteiger charge is 2.02. The van der Waals surface area contributed by atoms with Crippen LogP contribution >= 0.6 is 0 Å². The Morgan fingerprint density at radius 2 is 2.07 bits per heavy atom. The van der Waals surface area contributed by atoms with Crippen LogP contribution in [0.15, 0.2) is 24.3 Å². The Morgan fingerprint density at radius 3 is 2.64 bits per heavy atom. The minimum atomic E-state index is -0.304. The number of anilines is 1. The van der Waals surface area contributed by atoms with E-state index in [9.17, 15) is 9.18 Å². The van der Waals surface area contributed by atoms with E-state index in [0.717, 1.165) is 5.69 Å². The van der Waals surface area contributed by atoms with Crippen LogP contribution < -0.4 is 4.90 Å². The first-order valence-corrected chi connectivity index (χ1v) is 4.24. The zero-order valence-electron chi connectivity index (χ0n) is 8.20. The molecule has 14 heavy (non-hydrogen) atoms. The van der Waals surface area contributed by atoms with Gasteiger partial charge in [-0.25, -0.2) is 4.39 Å². The molecule has 0 fully saturated rings. The van der Waals surface area contributed by atoms with Crippen molar-refractivity contribution in [3.8, 4) is 0 Å². The summed E-state index contributed by atoms with van der Waals surface area (Å²) in [6, 6.07) is 4.47. The number of nitrogens with zero attached hydrogens (tertiary/aromatic N) is 1. The fourth-order valence-electron chi connectivity index (χ4n) is 1.21. The maximum atomic E-state index is 12.9. The lowest BCUT2D eigenvalue weighted by Crippen LogP contribution is -2.10. The van der Waals surface area contributed by atoms with Crippen LogP contribution in [0.5, 0.6) is 0 Å². The van der Waals surface area contributed by atoms with Gasteiger partial charge >= 0.3 is 0 Å². The number of carbonyl (C=O) groups is 1. The van der Waals surface area contributed by atoms with Crippen molar-refractivity contribution >= 4 is 18.0 Å². The van der Waals surface area contributed by atoms with Crippen molar-refractivity contribution in [2.75, 3.05) is 19.0 Å². The van der Waals surface area contributed by atoms with Crippen LogP contribution in [0.4, 0.5) is 10.1 Å². The van der Waals surface area contributed by atoms with Crippen LogP contribution in [0.2, 0.25) is 0 Å². The highest BCUT2D eigenvalue weighted by molar-refractivity contribution is 5.78. The van der Waals surface area contributed by atoms with Gasteiger partial charge < -0.3 is 4.90 Å². The van der Waals surface area contributed by atoms with Gasteiger partial charge in [0.15, 0.2) is 0 Å². The highest BCUT2D eigenvalue weighted by atomic mass is 19.1. The van der Waals surface area contributed by atoms with Crippen LogP contribution in [0.3, 0.4) is 0 Å². The number of allylic oxidation sites excluding steroid dienone is 1. The van der Waals surface area contributed by atoms with Crippen LogP contribution in [0, 0.1) is 5.82 Å². The van der Waals surface area contributed by atoms with Crippen molar-refractivity contribution < 1.29 is 9.18 Å². The van der Waals surface area contributed by atoms with E-state index >= 15 is 0 Å². The first-order valence-electron chi connectivity index (χ1n) is 4.24. The monoisotopic (exact) mass is 193 g/mol. The van der Waals surface area contributed by atoms with Gasteiger partial charge in [0.05, 0.1) is 0 Å². The van der Waals surface area contributed by atoms with Crippen molar-refractivity contribution in [3.05, 3.63) is 35.7 Å². The molecular weight excluding hydrogens is 181 g/mol. The van der Waals surface area contributed by atoms with E-state index < -0.39 is 0 Å². The molecule has 0 aromatic heterocycles. The SMILES string of the molecule is CN(C)c1ccc(F)cc1/C=C/C=O. The van der Waals surface area contributed by atoms with Crippen molar-refractivity contribution in [1.29, 1.82) is 0 Å². The van der Waals surface area contributed by atoms with Crippen LogP contribution in [0.1, 0.15) is 5.56 Å². The van der Waals surface area contributed by atoms with Crippen molar-refractivity contribution in [2.45, 2.75) is 0 Å². The van der Waals surface area contributed by atoms with Crippen molar-refractivity contribution in [1.82, 2.24) is 0 Å². The number of hydrogen-bond donors (Lipinski definition) is 0. The Kier molecular flexibility index (Phi) is 3.40. The molecular formula is C11H12FNO. The zero-order chi connectivity index (χ0) is 10.6. The molecule has 0 heterocycles. The average Bonchev–Trinajstić information content (AvgIpc) is 2.14. The molecule has 1 aromatic carbocycles. The molecule has 0 aliphatic heterocycles. The van der Waals surface area contributed by atoms with Gasteiger partial charge in [0.25, 0.3) is 0 Å². The summed E-state index contributed by atoms with van der Waals surface area (Å²) in [7, 11) is 3.73. The first-order chi connectivity index (χ1) is 6.65. The Bertz CT molecular complexity index is 358. The fraction of sp³-hybridized carbons (Fsp3) is 0.182. The average molecular weight is 193 g/mol. The topological polar surface area (TPSA) is 20.3 Å². The van der Waals surface area contributed by atoms with Gasteiger partial charge in [-0.2, -0.15) is 0 Å². The van der Waals surface area contributed by atoms with Crippen LogP contribution in [0.25, 0.3) is 6.08 Å². The predicted octanol–water partition coefficient (Wildman–Crippen LogP) is 2.10. The maximum absolute atomic E-state index is 12.9. The van der Waals surface area contributed by atoms with E-state index in [1.165, 1.54) is 18.2 Å². The highest BCUT2D eigenvalue weighted by Crippen LogP contribution is 2.20. The molecule has 0 unspecified atom stereocenters. The summed E-state index contributed by atoms with van der Waals surface area (Å²) in [5, 5.41) is 0. The Morgan fingerprint density at radius 1 is 1.36 bits per heavy atom. The van der Waals surface area contributed by atoms with E-state index in [4.69, 9.17) is 0 Å². The molecule has 74 valence electrons. The smallest absolute Gasteiger partial charge is 0.142 e. The molecule has 3 heteroatoms. The van der Waals surface area contributed by atoms with Crippen molar-refractivity contribution in [3.63, 3.8) is 0 Å². The summed E-state index contributed by atoms with van der Waals surface area (Å²) in [5.74, 6) is -0.304. The minimum absolute atomic E-state index is 0.304. The van der Waals surface area contributed by atoms with Crippen molar-refractivity contribution in [2.24, 2.45) is 0 Å². The molecule has 0 saturated heterocycles. The summed E-state index contributed by atoms with van der Waals surface area (Å²) in [5.41, 5.74) is 1.58. The minimum Gasteiger partial charge on any atom is -0.377 e. The quantitative estimate of drug-likeness (QED) is 0.541. The molecule has 1 aromatic rings. The number of hydrogen-bond acceptors (Lipinski definition) is 2. The molecule has 0 bridgehead atoms. The van der Waals surface area contributed by atoms with Gasteiger partial charge in [-0.15, -0.1) is 0 Å². The van der Waals surface area contributed by atoms with Gasteiger partial charge in [-0.3, -0.25) is 4.79 Å². The van der Waals surface area contributed by atoms with E-state index in [2.05, 4.69) is 0 Å². The van der Waals surface area contributed by atoms with Gasteiger partial charge in [0.1, 0.15) is 12.1 Å². The Labute approximate surface area is 82.7 Å². The van der Waals surface area contributed by atoms with Crippen LogP contribution in [-0.4, -0.2) is 20.4 Å². The summed E-state index contributed by atoms with van der Waals surface area (Å²) < 4.78 is 12.9. The second kappa shape index (κ2) is 4.56. The largest absolute Gasteiger partial charge is 0.377 e. The number of benzene rings is 1. The van der Waals surface area contributed by atoms with E-state index in [1.807, 2.05) is 19.0 Å². The fourth-order valence-corrected chi connectivity index (χ4v) is 1.21. The predicted molar refractivity (Wildman–Crippen MR) is 55.8 cm³/mol. The zero-order valence-corrected chi connectivity index (χ0v) is 8.20. The third kappa shape index (κ3) is 2.42. The summed E-state index contributed by atoms with van der Waals surface area (Å²) in [6.07, 6.45) is 3.61. The van der Waals surface area contributed by atoms with E-state index in [1.54, 1.807) is 12.1 Å². The number of aldehydes is 1. The van der Waals surface area contributed by atoms with Crippen LogP contribution in [-0.2, 0) is 4.79 Å². The van der Waals surface area contributed by atoms with Gasteiger partial charge in [0.2, 0.25) is 0 Å². The third-order valence-corrected chi connectivity index (χ3v) is 1.83. The Hall–Kier alpha value is -1.64. The number of carbonyl (C=O) groups excluding carboxylic acids is 1. The third-order valence-electron chi connectivity index (χ3n) is 1.83. The molecule has 0 amide bonds. The molecule has 0 atom stereocenters. The molecule has 0 saturated carbocycles. The number of halogens is 1. The summed E-state index contributed by atoms with van der Waals surface area (Å²) in [4.78, 5) is 12.0. The standard InChI is InChI=1S/C11H12FNO/c1-13(2)11-6-5-10(12)8-9(11)4-3-7-14/h3-8H,1-2H3/b4-3+. The normalized spacial score (nSPS) is 10.5. The first kappa shape index (κ1) is 10.4. The number of rotatable bonds is 3. The molecule has 0 radical (unpaired) electrons. The van der Waals surface area contributed by atoms with E-state index in [0.29, 0.717) is 11.8 Å². The van der Waals surface area contributed by atoms with Gasteiger partial charge in [-0.1, -0.05) is 0 Å². The van der Waals surface area contributed by atoms with Gasteiger partial charge in [0, 0.05) is 25.3 Å². The second-order valence-electron chi connectivity index (χ2n) is 3.09. The molecule has 0 N–H and O–H groups in total. The molecule has 0 spiro atoms. The molecule has 1 rings (SSSR count). The molecule has 2 nitrogen and oxygen atoms in total. The molecule has 0 aliphatic rings.